The lowest BCUT2D eigenvalue weighted by atomic mass is 10.1. The third kappa shape index (κ3) is 5.02. The van der Waals surface area contributed by atoms with Gasteiger partial charge in [0.2, 0.25) is 0 Å². The summed E-state index contributed by atoms with van der Waals surface area (Å²) in [6.07, 6.45) is 0.975. The molecule has 112 valence electrons. The average molecular weight is 300 g/mol. The second-order valence-electron chi connectivity index (χ2n) is 4.85. The molecular weight excluding hydrogens is 278 g/mol. The molecule has 0 spiro atoms. The predicted octanol–water partition coefficient (Wildman–Crippen LogP) is 2.97. The third-order valence-corrected chi connectivity index (χ3v) is 3.10. The summed E-state index contributed by atoms with van der Waals surface area (Å²) in [6.45, 7) is 4.75. The van der Waals surface area contributed by atoms with Gasteiger partial charge in [-0.25, -0.2) is 0 Å². The fourth-order valence-corrected chi connectivity index (χ4v) is 1.87. The molecular formula is C15H22ClNO3. The SMILES string of the molecule is CCCOc1ccc(Cl)cc1C(=O)N(C)CCC(C)O. The minimum atomic E-state index is -0.430. The number of carbonyl (C=O) groups excluding carboxylic acids is 1. The van der Waals surface area contributed by atoms with E-state index in [4.69, 9.17) is 16.3 Å². The second kappa shape index (κ2) is 8.12. The van der Waals surface area contributed by atoms with E-state index in [9.17, 15) is 9.90 Å². The molecule has 1 aromatic carbocycles. The summed E-state index contributed by atoms with van der Waals surface area (Å²) in [7, 11) is 1.70. The first-order chi connectivity index (χ1) is 9.45. The summed E-state index contributed by atoms with van der Waals surface area (Å²) in [4.78, 5) is 14.0. The van der Waals surface area contributed by atoms with E-state index in [0.717, 1.165) is 6.42 Å². The van der Waals surface area contributed by atoms with E-state index in [1.807, 2.05) is 6.92 Å². The lowest BCUT2D eigenvalue weighted by Gasteiger charge is -2.20. The fourth-order valence-electron chi connectivity index (χ4n) is 1.69. The smallest absolute Gasteiger partial charge is 0.257 e. The van der Waals surface area contributed by atoms with Gasteiger partial charge >= 0.3 is 0 Å². The molecule has 1 aromatic rings. The Balaban J connectivity index is 2.86. The van der Waals surface area contributed by atoms with Gasteiger partial charge in [-0.2, -0.15) is 0 Å². The van der Waals surface area contributed by atoms with Crippen LogP contribution in [-0.4, -0.2) is 42.2 Å². The molecule has 0 aromatic heterocycles. The Morgan fingerprint density at radius 3 is 2.80 bits per heavy atom. The highest BCUT2D eigenvalue weighted by Gasteiger charge is 2.17. The van der Waals surface area contributed by atoms with Gasteiger partial charge in [0.1, 0.15) is 5.75 Å². The van der Waals surface area contributed by atoms with E-state index in [0.29, 0.717) is 35.9 Å². The number of carbonyl (C=O) groups is 1. The van der Waals surface area contributed by atoms with Crippen LogP contribution < -0.4 is 4.74 Å². The number of hydrogen-bond donors (Lipinski definition) is 1. The second-order valence-corrected chi connectivity index (χ2v) is 5.29. The van der Waals surface area contributed by atoms with Gasteiger partial charge in [0.05, 0.1) is 18.3 Å². The van der Waals surface area contributed by atoms with Gasteiger partial charge in [-0.15, -0.1) is 0 Å². The van der Waals surface area contributed by atoms with Crippen LogP contribution in [0.5, 0.6) is 5.75 Å². The van der Waals surface area contributed by atoms with Crippen LogP contribution in [0.25, 0.3) is 0 Å². The zero-order valence-electron chi connectivity index (χ0n) is 12.2. The topological polar surface area (TPSA) is 49.8 Å². The third-order valence-electron chi connectivity index (χ3n) is 2.86. The van der Waals surface area contributed by atoms with Crippen molar-refractivity contribution in [1.29, 1.82) is 0 Å². The minimum absolute atomic E-state index is 0.153. The van der Waals surface area contributed by atoms with Crippen molar-refractivity contribution >= 4 is 17.5 Å². The van der Waals surface area contributed by atoms with Crippen molar-refractivity contribution in [1.82, 2.24) is 4.90 Å². The highest BCUT2D eigenvalue weighted by molar-refractivity contribution is 6.31. The number of aliphatic hydroxyl groups excluding tert-OH is 1. The van der Waals surface area contributed by atoms with Crippen LogP contribution in [0, 0.1) is 0 Å². The minimum Gasteiger partial charge on any atom is -0.493 e. The van der Waals surface area contributed by atoms with Crippen LogP contribution in [0.3, 0.4) is 0 Å². The molecule has 1 amide bonds. The van der Waals surface area contributed by atoms with E-state index >= 15 is 0 Å². The average Bonchev–Trinajstić information content (AvgIpc) is 2.42. The molecule has 1 rings (SSSR count). The molecule has 0 fully saturated rings. The van der Waals surface area contributed by atoms with Gasteiger partial charge in [-0.3, -0.25) is 4.79 Å². The highest BCUT2D eigenvalue weighted by Crippen LogP contribution is 2.24. The Morgan fingerprint density at radius 2 is 2.20 bits per heavy atom. The van der Waals surface area contributed by atoms with Crippen LogP contribution in [0.4, 0.5) is 0 Å². The van der Waals surface area contributed by atoms with Crippen LogP contribution >= 0.6 is 11.6 Å². The Labute approximate surface area is 125 Å². The van der Waals surface area contributed by atoms with Crippen LogP contribution in [0.2, 0.25) is 5.02 Å². The van der Waals surface area contributed by atoms with Crippen molar-refractivity contribution in [2.75, 3.05) is 20.2 Å². The normalized spacial score (nSPS) is 12.1. The molecule has 1 N–H and O–H groups in total. The molecule has 0 bridgehead atoms. The summed E-state index contributed by atoms with van der Waals surface area (Å²) in [5.41, 5.74) is 0.457. The Morgan fingerprint density at radius 1 is 1.50 bits per heavy atom. The lowest BCUT2D eigenvalue weighted by molar-refractivity contribution is 0.0764. The van der Waals surface area contributed by atoms with Crippen LogP contribution in [0.1, 0.15) is 37.0 Å². The number of nitrogens with zero attached hydrogens (tertiary/aromatic N) is 1. The van der Waals surface area contributed by atoms with E-state index < -0.39 is 6.10 Å². The van der Waals surface area contributed by atoms with Crippen molar-refractivity contribution in [3.63, 3.8) is 0 Å². The van der Waals surface area contributed by atoms with Crippen molar-refractivity contribution in [3.8, 4) is 5.75 Å². The summed E-state index contributed by atoms with van der Waals surface area (Å²) in [5.74, 6) is 0.393. The number of halogens is 1. The number of aliphatic hydroxyl groups is 1. The lowest BCUT2D eigenvalue weighted by Crippen LogP contribution is -2.29. The largest absolute Gasteiger partial charge is 0.493 e. The van der Waals surface area contributed by atoms with E-state index in [1.54, 1.807) is 37.1 Å². The van der Waals surface area contributed by atoms with E-state index in [-0.39, 0.29) is 5.91 Å². The summed E-state index contributed by atoms with van der Waals surface area (Å²) in [6, 6.07) is 5.04. The zero-order chi connectivity index (χ0) is 15.1. The first-order valence-corrected chi connectivity index (χ1v) is 7.19. The maximum atomic E-state index is 12.4. The van der Waals surface area contributed by atoms with Gasteiger partial charge in [-0.05, 0) is 38.0 Å². The maximum absolute atomic E-state index is 12.4. The summed E-state index contributed by atoms with van der Waals surface area (Å²) in [5, 5.41) is 9.79. The molecule has 5 heteroatoms. The molecule has 0 aliphatic heterocycles. The number of hydrogen-bond acceptors (Lipinski definition) is 3. The standard InChI is InChI=1S/C15H22ClNO3/c1-4-9-20-14-6-5-12(16)10-13(14)15(19)17(3)8-7-11(2)18/h5-6,10-11,18H,4,7-9H2,1-3H3. The molecule has 1 unspecified atom stereocenters. The van der Waals surface area contributed by atoms with E-state index in [1.165, 1.54) is 0 Å². The van der Waals surface area contributed by atoms with Gasteiger partial charge in [-0.1, -0.05) is 18.5 Å². The first kappa shape index (κ1) is 16.8. The van der Waals surface area contributed by atoms with Gasteiger partial charge in [0, 0.05) is 18.6 Å². The number of rotatable bonds is 7. The van der Waals surface area contributed by atoms with Gasteiger partial charge < -0.3 is 14.7 Å². The molecule has 0 saturated carbocycles. The molecule has 0 radical (unpaired) electrons. The number of ether oxygens (including phenoxy) is 1. The van der Waals surface area contributed by atoms with Crippen LogP contribution in [-0.2, 0) is 0 Å². The monoisotopic (exact) mass is 299 g/mol. The Kier molecular flexibility index (Phi) is 6.82. The Bertz CT molecular complexity index is 449. The quantitative estimate of drug-likeness (QED) is 0.842. The molecule has 1 atom stereocenters. The zero-order valence-corrected chi connectivity index (χ0v) is 13.0. The first-order valence-electron chi connectivity index (χ1n) is 6.81. The van der Waals surface area contributed by atoms with Crippen molar-refractivity contribution in [3.05, 3.63) is 28.8 Å². The highest BCUT2D eigenvalue weighted by atomic mass is 35.5. The number of benzene rings is 1. The molecule has 0 saturated heterocycles. The van der Waals surface area contributed by atoms with Crippen molar-refractivity contribution < 1.29 is 14.6 Å². The van der Waals surface area contributed by atoms with Crippen molar-refractivity contribution in [2.24, 2.45) is 0 Å². The van der Waals surface area contributed by atoms with Crippen LogP contribution in [0.15, 0.2) is 18.2 Å². The van der Waals surface area contributed by atoms with E-state index in [2.05, 4.69) is 0 Å². The Hall–Kier alpha value is -1.26. The van der Waals surface area contributed by atoms with Gasteiger partial charge in [0.15, 0.2) is 0 Å². The summed E-state index contributed by atoms with van der Waals surface area (Å²) >= 11 is 5.96. The molecule has 4 nitrogen and oxygen atoms in total. The molecule has 0 aliphatic rings. The fraction of sp³-hybridized carbons (Fsp3) is 0.533. The molecule has 0 aliphatic carbocycles. The molecule has 0 heterocycles. The van der Waals surface area contributed by atoms with Crippen molar-refractivity contribution in [2.45, 2.75) is 32.8 Å². The molecule has 20 heavy (non-hydrogen) atoms. The summed E-state index contributed by atoms with van der Waals surface area (Å²) < 4.78 is 5.58. The predicted molar refractivity (Wildman–Crippen MR) is 80.5 cm³/mol. The number of amides is 1. The maximum Gasteiger partial charge on any atom is 0.257 e. The van der Waals surface area contributed by atoms with Gasteiger partial charge in [0.25, 0.3) is 5.91 Å².